The lowest BCUT2D eigenvalue weighted by atomic mass is 10.0. The maximum Gasteiger partial charge on any atom is 0.255 e. The first-order valence-corrected chi connectivity index (χ1v) is 11.5. The van der Waals surface area contributed by atoms with E-state index >= 15 is 0 Å². The average molecular weight is 458 g/mol. The number of methoxy groups -OCH3 is 1. The minimum absolute atomic E-state index is 0.0835. The second-order valence-corrected chi connectivity index (χ2v) is 8.93. The van der Waals surface area contributed by atoms with Crippen molar-refractivity contribution in [2.45, 2.75) is 31.3 Å². The van der Waals surface area contributed by atoms with E-state index in [9.17, 15) is 9.18 Å². The van der Waals surface area contributed by atoms with Crippen molar-refractivity contribution in [2.75, 3.05) is 19.0 Å². The molecule has 2 fully saturated rings. The molecule has 0 radical (unpaired) electrons. The van der Waals surface area contributed by atoms with Crippen LogP contribution < -0.4 is 20.7 Å². The average Bonchev–Trinajstić information content (AvgIpc) is 3.28. The summed E-state index contributed by atoms with van der Waals surface area (Å²) in [7, 11) is 1.42. The van der Waals surface area contributed by atoms with Crippen LogP contribution in [0.3, 0.4) is 0 Å². The number of para-hydroxylation sites is 1. The number of aromatic nitrogens is 2. The number of carbonyl (C=O) groups is 1. The highest BCUT2D eigenvalue weighted by molar-refractivity contribution is 6.06. The van der Waals surface area contributed by atoms with Gasteiger partial charge in [0.1, 0.15) is 0 Å². The number of aromatic amines is 1. The molecule has 0 spiro atoms. The Bertz CT molecular complexity index is 1340. The number of ether oxygens (including phenoxy) is 1. The van der Waals surface area contributed by atoms with Crippen molar-refractivity contribution in [3.05, 3.63) is 59.3 Å². The standard InChI is InChI=1S/C26H24FN5O2/c1-34-25-18(27)3-2-4-20(25)32-24-22-19(8-10-29-26(22)33)31-23(24)17-7-9-28-13-14(17)5-6-16-11-15-12-21(15)30-16/h2-4,7,9,13,15-16,21,30-32H,8,10-12H2,1H3,(H,29,33)/t15-,16+,21+/m1/s1. The molecule has 1 saturated carbocycles. The molecule has 7 nitrogen and oxygen atoms in total. The minimum Gasteiger partial charge on any atom is -0.492 e. The molecule has 0 bridgehead atoms. The predicted octanol–water partition coefficient (Wildman–Crippen LogP) is 3.36. The number of H-pyrrole nitrogens is 1. The van der Waals surface area contributed by atoms with Crippen LogP contribution in [0.5, 0.6) is 5.75 Å². The largest absolute Gasteiger partial charge is 0.492 e. The van der Waals surface area contributed by atoms with Crippen LogP contribution in [0, 0.1) is 23.6 Å². The fraction of sp³-hybridized carbons (Fsp3) is 0.308. The Morgan fingerprint density at radius 1 is 1.26 bits per heavy atom. The van der Waals surface area contributed by atoms with Crippen LogP contribution in [0.1, 0.15) is 34.5 Å². The van der Waals surface area contributed by atoms with Gasteiger partial charge in [0.05, 0.1) is 41.3 Å². The molecule has 4 heterocycles. The van der Waals surface area contributed by atoms with Gasteiger partial charge in [-0.25, -0.2) is 4.39 Å². The molecule has 172 valence electrons. The summed E-state index contributed by atoms with van der Waals surface area (Å²) in [6.07, 6.45) is 6.44. The van der Waals surface area contributed by atoms with Crippen LogP contribution in [0.15, 0.2) is 36.7 Å². The highest BCUT2D eigenvalue weighted by atomic mass is 19.1. The summed E-state index contributed by atoms with van der Waals surface area (Å²) in [5.74, 6) is 6.83. The van der Waals surface area contributed by atoms with Crippen molar-refractivity contribution in [3.63, 3.8) is 0 Å². The van der Waals surface area contributed by atoms with Gasteiger partial charge in [0, 0.05) is 42.7 Å². The lowest BCUT2D eigenvalue weighted by Crippen LogP contribution is -2.31. The van der Waals surface area contributed by atoms with Crippen LogP contribution in [0.2, 0.25) is 0 Å². The molecule has 2 aromatic heterocycles. The third kappa shape index (κ3) is 3.58. The van der Waals surface area contributed by atoms with Crippen molar-refractivity contribution in [2.24, 2.45) is 5.92 Å². The lowest BCUT2D eigenvalue weighted by Gasteiger charge is -2.17. The summed E-state index contributed by atoms with van der Waals surface area (Å²) >= 11 is 0. The number of nitrogens with one attached hydrogen (secondary N) is 4. The first kappa shape index (κ1) is 20.8. The summed E-state index contributed by atoms with van der Waals surface area (Å²) in [5.41, 5.74) is 4.63. The van der Waals surface area contributed by atoms with Gasteiger partial charge in [0.25, 0.3) is 5.91 Å². The molecule has 3 aliphatic rings. The van der Waals surface area contributed by atoms with E-state index in [0.717, 1.165) is 29.2 Å². The number of hydrogen-bond acceptors (Lipinski definition) is 5. The smallest absolute Gasteiger partial charge is 0.255 e. The van der Waals surface area contributed by atoms with Crippen molar-refractivity contribution >= 4 is 17.3 Å². The number of rotatable bonds is 4. The van der Waals surface area contributed by atoms with Crippen molar-refractivity contribution < 1.29 is 13.9 Å². The Labute approximate surface area is 196 Å². The number of benzene rings is 1. The van der Waals surface area contributed by atoms with E-state index in [1.165, 1.54) is 19.6 Å². The first-order valence-electron chi connectivity index (χ1n) is 11.5. The summed E-state index contributed by atoms with van der Waals surface area (Å²) in [6, 6.07) is 7.35. The Morgan fingerprint density at radius 3 is 3.00 bits per heavy atom. The van der Waals surface area contributed by atoms with Gasteiger partial charge in [-0.15, -0.1) is 0 Å². The second kappa shape index (κ2) is 8.19. The van der Waals surface area contributed by atoms with Gasteiger partial charge in [-0.2, -0.15) is 0 Å². The van der Waals surface area contributed by atoms with Gasteiger partial charge in [-0.1, -0.05) is 17.9 Å². The zero-order valence-corrected chi connectivity index (χ0v) is 18.7. The number of carbonyl (C=O) groups excluding carboxylic acids is 1. The fourth-order valence-electron chi connectivity index (χ4n) is 4.97. The molecule has 1 amide bonds. The molecule has 6 rings (SSSR count). The van der Waals surface area contributed by atoms with E-state index in [4.69, 9.17) is 4.74 Å². The maximum atomic E-state index is 14.4. The molecule has 4 N–H and O–H groups in total. The zero-order chi connectivity index (χ0) is 23.2. The number of amides is 1. The van der Waals surface area contributed by atoms with Crippen LogP contribution in [0.25, 0.3) is 11.3 Å². The van der Waals surface area contributed by atoms with Crippen LogP contribution in [0.4, 0.5) is 15.8 Å². The van der Waals surface area contributed by atoms with E-state index in [-0.39, 0.29) is 17.7 Å². The van der Waals surface area contributed by atoms with Gasteiger partial charge in [0.2, 0.25) is 0 Å². The summed E-state index contributed by atoms with van der Waals surface area (Å²) in [6.45, 7) is 0.549. The van der Waals surface area contributed by atoms with Gasteiger partial charge in [-0.05, 0) is 37.0 Å². The maximum absolute atomic E-state index is 14.4. The normalized spacial score (nSPS) is 22.2. The van der Waals surface area contributed by atoms with Crippen molar-refractivity contribution in [1.29, 1.82) is 0 Å². The molecule has 3 aromatic rings. The fourth-order valence-corrected chi connectivity index (χ4v) is 4.97. The second-order valence-electron chi connectivity index (χ2n) is 8.93. The Balaban J connectivity index is 1.45. The Kier molecular flexibility index (Phi) is 5.00. The Hall–Kier alpha value is -3.83. The molecule has 0 unspecified atom stereocenters. The van der Waals surface area contributed by atoms with E-state index in [1.807, 2.05) is 6.07 Å². The highest BCUT2D eigenvalue weighted by Crippen LogP contribution is 2.41. The lowest BCUT2D eigenvalue weighted by molar-refractivity contribution is 0.0947. The first-order chi connectivity index (χ1) is 16.6. The monoisotopic (exact) mass is 457 g/mol. The summed E-state index contributed by atoms with van der Waals surface area (Å²) in [5, 5.41) is 9.72. The molecule has 3 atom stereocenters. The van der Waals surface area contributed by atoms with Gasteiger partial charge in [-0.3, -0.25) is 9.78 Å². The van der Waals surface area contributed by atoms with Crippen molar-refractivity contribution in [1.82, 2.24) is 20.6 Å². The van der Waals surface area contributed by atoms with Gasteiger partial charge in [0.15, 0.2) is 11.6 Å². The number of halogens is 1. The predicted molar refractivity (Wildman–Crippen MR) is 127 cm³/mol. The van der Waals surface area contributed by atoms with Crippen LogP contribution in [-0.4, -0.2) is 41.6 Å². The van der Waals surface area contributed by atoms with Gasteiger partial charge < -0.3 is 25.7 Å². The molecular formula is C26H24FN5O2. The van der Waals surface area contributed by atoms with E-state index in [1.54, 1.807) is 24.5 Å². The van der Waals surface area contributed by atoms with Crippen molar-refractivity contribution in [3.8, 4) is 28.8 Å². The molecule has 1 aromatic carbocycles. The summed E-state index contributed by atoms with van der Waals surface area (Å²) in [4.78, 5) is 20.6. The SMILES string of the molecule is COc1c(F)cccc1Nc1c(-c2ccncc2C#C[C@H]2C[C@@H]3C[C@@H]3N2)[nH]c2c1C(=O)NCC2. The van der Waals surface area contributed by atoms with Gasteiger partial charge >= 0.3 is 0 Å². The number of fused-ring (bicyclic) bond motifs is 2. The third-order valence-corrected chi connectivity index (χ3v) is 6.74. The highest BCUT2D eigenvalue weighted by Gasteiger charge is 2.45. The number of anilines is 2. The molecule has 1 aliphatic carbocycles. The summed E-state index contributed by atoms with van der Waals surface area (Å²) < 4.78 is 19.7. The van der Waals surface area contributed by atoms with E-state index < -0.39 is 5.82 Å². The number of hydrogen-bond donors (Lipinski definition) is 4. The zero-order valence-electron chi connectivity index (χ0n) is 18.7. The van der Waals surface area contributed by atoms with E-state index in [2.05, 4.69) is 37.8 Å². The molecule has 2 aliphatic heterocycles. The molecule has 34 heavy (non-hydrogen) atoms. The Morgan fingerprint density at radius 2 is 2.18 bits per heavy atom. The van der Waals surface area contributed by atoms with Crippen LogP contribution in [-0.2, 0) is 6.42 Å². The molecule has 1 saturated heterocycles. The number of pyridine rings is 1. The molecular weight excluding hydrogens is 433 g/mol. The number of nitrogens with zero attached hydrogens (tertiary/aromatic N) is 1. The quantitative estimate of drug-likeness (QED) is 0.451. The third-order valence-electron chi connectivity index (χ3n) is 6.74. The van der Waals surface area contributed by atoms with E-state index in [0.29, 0.717) is 41.6 Å². The topological polar surface area (TPSA) is 91.1 Å². The molecule has 8 heteroatoms. The number of piperidine rings is 1. The van der Waals surface area contributed by atoms with Crippen LogP contribution >= 0.6 is 0 Å². The minimum atomic E-state index is -0.486.